The summed E-state index contributed by atoms with van der Waals surface area (Å²) in [5, 5.41) is 11.2. The van der Waals surface area contributed by atoms with Crippen LogP contribution in [0.5, 0.6) is 0 Å². The second-order valence-corrected chi connectivity index (χ2v) is 5.95. The van der Waals surface area contributed by atoms with Crippen LogP contribution < -0.4 is 5.32 Å². The molecule has 0 bridgehead atoms. The van der Waals surface area contributed by atoms with E-state index in [1.54, 1.807) is 0 Å². The van der Waals surface area contributed by atoms with Crippen molar-refractivity contribution < 1.29 is 19.2 Å². The lowest BCUT2D eigenvalue weighted by Gasteiger charge is -2.32. The maximum Gasteiger partial charge on any atom is 0.490 e. The second-order valence-electron chi connectivity index (χ2n) is 5.95. The molecule has 0 saturated carbocycles. The van der Waals surface area contributed by atoms with Gasteiger partial charge in [-0.05, 0) is 46.0 Å². The highest BCUT2D eigenvalue weighted by molar-refractivity contribution is 6.54. The molecule has 0 radical (unpaired) electrons. The van der Waals surface area contributed by atoms with Crippen LogP contribution in [0.15, 0.2) is 11.5 Å². The van der Waals surface area contributed by atoms with Crippen LogP contribution in [-0.2, 0) is 9.31 Å². The van der Waals surface area contributed by atoms with Crippen LogP contribution in [0.2, 0.25) is 0 Å². The highest BCUT2D eigenvalue weighted by atomic mass is 16.7. The number of hydrogen-bond donors (Lipinski definition) is 2. The molecular formula is C12H20BNO4. The zero-order chi connectivity index (χ0) is 13.6. The molecule has 1 amide bonds. The van der Waals surface area contributed by atoms with Gasteiger partial charge in [-0.25, -0.2) is 4.79 Å². The van der Waals surface area contributed by atoms with E-state index in [-0.39, 0.29) is 24.4 Å². The highest BCUT2D eigenvalue weighted by Crippen LogP contribution is 2.40. The quantitative estimate of drug-likeness (QED) is 0.738. The average molecular weight is 253 g/mol. The van der Waals surface area contributed by atoms with Gasteiger partial charge in [0, 0.05) is 6.04 Å². The molecule has 100 valence electrons. The second kappa shape index (κ2) is 4.28. The standard InChI is InChI=1S/C12H20BNO4/c1-11(2)12(3,4)18-13(17-11)8-5-6-9(7-8)14-10(15)16/h5,9,14H,6-7H2,1-4H3,(H,15,16). The van der Waals surface area contributed by atoms with Crippen LogP contribution in [0.25, 0.3) is 0 Å². The smallest absolute Gasteiger partial charge is 0.465 e. The van der Waals surface area contributed by atoms with Gasteiger partial charge in [0.1, 0.15) is 0 Å². The van der Waals surface area contributed by atoms with Gasteiger partial charge < -0.3 is 19.7 Å². The summed E-state index contributed by atoms with van der Waals surface area (Å²) in [6.45, 7) is 8.04. The zero-order valence-electron chi connectivity index (χ0n) is 11.3. The summed E-state index contributed by atoms with van der Waals surface area (Å²) in [5.41, 5.74) is 0.334. The minimum atomic E-state index is -0.983. The Kier molecular flexibility index (Phi) is 3.19. The van der Waals surface area contributed by atoms with Crippen LogP contribution in [-0.4, -0.2) is 35.6 Å². The summed E-state index contributed by atoms with van der Waals surface area (Å²) in [7, 11) is -0.351. The van der Waals surface area contributed by atoms with Crippen molar-refractivity contribution in [3.05, 3.63) is 11.5 Å². The van der Waals surface area contributed by atoms with Gasteiger partial charge in [-0.1, -0.05) is 6.08 Å². The normalized spacial score (nSPS) is 29.2. The lowest BCUT2D eigenvalue weighted by molar-refractivity contribution is 0.00578. The Morgan fingerprint density at radius 3 is 2.44 bits per heavy atom. The van der Waals surface area contributed by atoms with Crippen molar-refractivity contribution in [2.45, 2.75) is 57.8 Å². The molecule has 1 saturated heterocycles. The first kappa shape index (κ1) is 13.4. The van der Waals surface area contributed by atoms with Crippen molar-refractivity contribution in [3.8, 4) is 0 Å². The summed E-state index contributed by atoms with van der Waals surface area (Å²) in [6, 6.07) is -0.0588. The van der Waals surface area contributed by atoms with Crippen LogP contribution >= 0.6 is 0 Å². The maximum absolute atomic E-state index is 10.6. The predicted octanol–water partition coefficient (Wildman–Crippen LogP) is 1.97. The first-order chi connectivity index (χ1) is 8.21. The van der Waals surface area contributed by atoms with Crippen molar-refractivity contribution in [3.63, 3.8) is 0 Å². The molecule has 2 aliphatic rings. The monoisotopic (exact) mass is 253 g/mol. The van der Waals surface area contributed by atoms with Crippen molar-refractivity contribution in [2.75, 3.05) is 0 Å². The summed E-state index contributed by atoms with van der Waals surface area (Å²) in [4.78, 5) is 10.6. The van der Waals surface area contributed by atoms with Gasteiger partial charge in [-0.2, -0.15) is 0 Å². The first-order valence-electron chi connectivity index (χ1n) is 6.25. The molecule has 1 atom stereocenters. The molecule has 1 fully saturated rings. The fourth-order valence-electron chi connectivity index (χ4n) is 2.22. The van der Waals surface area contributed by atoms with E-state index in [4.69, 9.17) is 14.4 Å². The fourth-order valence-corrected chi connectivity index (χ4v) is 2.22. The molecule has 0 spiro atoms. The third kappa shape index (κ3) is 2.40. The molecule has 18 heavy (non-hydrogen) atoms. The number of amides is 1. The average Bonchev–Trinajstić information content (AvgIpc) is 2.70. The lowest BCUT2D eigenvalue weighted by Crippen LogP contribution is -2.41. The van der Waals surface area contributed by atoms with E-state index in [1.165, 1.54) is 0 Å². The van der Waals surface area contributed by atoms with E-state index in [1.807, 2.05) is 33.8 Å². The van der Waals surface area contributed by atoms with E-state index in [9.17, 15) is 4.79 Å². The Morgan fingerprint density at radius 1 is 1.39 bits per heavy atom. The molecule has 0 aromatic heterocycles. The lowest BCUT2D eigenvalue weighted by atomic mass is 9.77. The Labute approximate surface area is 108 Å². The highest BCUT2D eigenvalue weighted by Gasteiger charge is 2.52. The molecule has 5 nitrogen and oxygen atoms in total. The van der Waals surface area contributed by atoms with Crippen molar-refractivity contribution in [1.82, 2.24) is 5.32 Å². The van der Waals surface area contributed by atoms with Gasteiger partial charge >= 0.3 is 13.2 Å². The van der Waals surface area contributed by atoms with Gasteiger partial charge in [-0.15, -0.1) is 0 Å². The number of rotatable bonds is 2. The van der Waals surface area contributed by atoms with Crippen LogP contribution in [0.3, 0.4) is 0 Å². The van der Waals surface area contributed by atoms with Gasteiger partial charge in [0.2, 0.25) is 0 Å². The van der Waals surface area contributed by atoms with Crippen LogP contribution in [0.1, 0.15) is 40.5 Å². The van der Waals surface area contributed by atoms with E-state index in [2.05, 4.69) is 5.32 Å². The number of nitrogens with one attached hydrogen (secondary N) is 1. The van der Waals surface area contributed by atoms with Crippen molar-refractivity contribution in [2.24, 2.45) is 0 Å². The summed E-state index contributed by atoms with van der Waals surface area (Å²) in [6.07, 6.45) is 2.39. The van der Waals surface area contributed by atoms with E-state index >= 15 is 0 Å². The molecule has 1 heterocycles. The van der Waals surface area contributed by atoms with Gasteiger partial charge in [0.05, 0.1) is 11.2 Å². The van der Waals surface area contributed by atoms with Gasteiger partial charge in [0.25, 0.3) is 0 Å². The molecule has 2 N–H and O–H groups in total. The molecule has 0 aromatic carbocycles. The molecule has 0 aromatic rings. The van der Waals surface area contributed by atoms with E-state index in [0.717, 1.165) is 5.47 Å². The van der Waals surface area contributed by atoms with E-state index < -0.39 is 6.09 Å². The minimum absolute atomic E-state index is 0.0588. The third-order valence-electron chi connectivity index (χ3n) is 4.03. The van der Waals surface area contributed by atoms with Gasteiger partial charge in [-0.3, -0.25) is 0 Å². The SMILES string of the molecule is CC1(C)OB(C2=CCC(NC(=O)O)C2)OC1(C)C. The largest absolute Gasteiger partial charge is 0.490 e. The summed E-state index contributed by atoms with van der Waals surface area (Å²) in [5.74, 6) is 0. The van der Waals surface area contributed by atoms with Crippen molar-refractivity contribution in [1.29, 1.82) is 0 Å². The topological polar surface area (TPSA) is 67.8 Å². The molecular weight excluding hydrogens is 233 g/mol. The van der Waals surface area contributed by atoms with Crippen molar-refractivity contribution >= 4 is 13.2 Å². The zero-order valence-corrected chi connectivity index (χ0v) is 11.3. The maximum atomic E-state index is 10.6. The Hall–Kier alpha value is -1.01. The number of carboxylic acid groups (broad SMARTS) is 1. The van der Waals surface area contributed by atoms with Crippen LogP contribution in [0.4, 0.5) is 4.79 Å². The first-order valence-corrected chi connectivity index (χ1v) is 6.25. The molecule has 1 aliphatic carbocycles. The van der Waals surface area contributed by atoms with Crippen LogP contribution in [0, 0.1) is 0 Å². The fraction of sp³-hybridized carbons (Fsp3) is 0.750. The molecule has 1 unspecified atom stereocenters. The molecule has 1 aliphatic heterocycles. The minimum Gasteiger partial charge on any atom is -0.465 e. The van der Waals surface area contributed by atoms with E-state index in [0.29, 0.717) is 12.8 Å². The molecule has 6 heteroatoms. The number of carbonyl (C=O) groups is 1. The Balaban J connectivity index is 1.98. The Bertz CT molecular complexity index is 376. The Morgan fingerprint density at radius 2 is 1.94 bits per heavy atom. The van der Waals surface area contributed by atoms with Gasteiger partial charge in [0.15, 0.2) is 0 Å². The third-order valence-corrected chi connectivity index (χ3v) is 4.03. The summed E-state index contributed by atoms with van der Waals surface area (Å²) >= 11 is 0. The number of hydrogen-bond acceptors (Lipinski definition) is 3. The predicted molar refractivity (Wildman–Crippen MR) is 68.3 cm³/mol. The molecule has 2 rings (SSSR count). The summed E-state index contributed by atoms with van der Waals surface area (Å²) < 4.78 is 11.9.